The maximum atomic E-state index is 10.8. The second-order valence-corrected chi connectivity index (χ2v) is 4.77. The zero-order valence-electron chi connectivity index (χ0n) is 10.6. The average molecular weight is 249 g/mol. The summed E-state index contributed by atoms with van der Waals surface area (Å²) in [6.45, 7) is 4.56. The molecule has 2 N–H and O–H groups in total. The third-order valence-corrected chi connectivity index (χ3v) is 3.40. The van der Waals surface area contributed by atoms with Crippen LogP contribution in [0.15, 0.2) is 18.2 Å². The Bertz CT molecular complexity index is 425. The van der Waals surface area contributed by atoms with E-state index in [0.717, 1.165) is 43.9 Å². The van der Waals surface area contributed by atoms with Crippen LogP contribution < -0.4 is 5.32 Å². The van der Waals surface area contributed by atoms with Crippen molar-refractivity contribution in [3.63, 3.8) is 0 Å². The number of hydrogen-bond donors (Lipinski definition) is 2. The van der Waals surface area contributed by atoms with Crippen LogP contribution in [0.3, 0.4) is 0 Å². The Morgan fingerprint density at radius 3 is 2.78 bits per heavy atom. The van der Waals surface area contributed by atoms with Gasteiger partial charge in [-0.15, -0.1) is 0 Å². The Hall–Kier alpha value is -1.55. The highest BCUT2D eigenvalue weighted by Crippen LogP contribution is 2.19. The summed E-state index contributed by atoms with van der Waals surface area (Å²) in [6.07, 6.45) is 2.19. The zero-order valence-corrected chi connectivity index (χ0v) is 10.6. The second kappa shape index (κ2) is 5.87. The van der Waals surface area contributed by atoms with Crippen LogP contribution in [-0.4, -0.2) is 30.8 Å². The number of nitrogens with one attached hydrogen (secondary N) is 1. The summed E-state index contributed by atoms with van der Waals surface area (Å²) in [6, 6.07) is 5.19. The summed E-state index contributed by atoms with van der Waals surface area (Å²) in [7, 11) is 0. The Morgan fingerprint density at radius 1 is 1.44 bits per heavy atom. The largest absolute Gasteiger partial charge is 0.478 e. The maximum Gasteiger partial charge on any atom is 0.335 e. The molecule has 1 aromatic rings. The first-order valence-corrected chi connectivity index (χ1v) is 6.32. The Morgan fingerprint density at radius 2 is 2.17 bits per heavy atom. The standard InChI is InChI=1S/C14H19NO3/c1-10-8-12(14(16)17)2-3-13(10)15-9-11-4-6-18-7-5-11/h2-3,8,11,15H,4-7,9H2,1H3,(H,16,17). The molecule has 18 heavy (non-hydrogen) atoms. The van der Waals surface area contributed by atoms with Gasteiger partial charge in [-0.25, -0.2) is 4.79 Å². The lowest BCUT2D eigenvalue weighted by Gasteiger charge is -2.23. The molecule has 0 bridgehead atoms. The number of carboxylic acids is 1. The number of rotatable bonds is 4. The first-order chi connectivity index (χ1) is 8.66. The van der Waals surface area contributed by atoms with Crippen LogP contribution in [0.5, 0.6) is 0 Å². The summed E-state index contributed by atoms with van der Waals surface area (Å²) >= 11 is 0. The lowest BCUT2D eigenvalue weighted by atomic mass is 10.00. The van der Waals surface area contributed by atoms with Crippen molar-refractivity contribution in [3.05, 3.63) is 29.3 Å². The zero-order chi connectivity index (χ0) is 13.0. The predicted octanol–water partition coefficient (Wildman–Crippen LogP) is 2.53. The molecular weight excluding hydrogens is 230 g/mol. The van der Waals surface area contributed by atoms with Gasteiger partial charge in [0.25, 0.3) is 0 Å². The van der Waals surface area contributed by atoms with Crippen molar-refractivity contribution in [2.45, 2.75) is 19.8 Å². The molecule has 0 atom stereocenters. The first kappa shape index (κ1) is 12.9. The van der Waals surface area contributed by atoms with E-state index in [1.54, 1.807) is 12.1 Å². The minimum Gasteiger partial charge on any atom is -0.478 e. The van der Waals surface area contributed by atoms with Gasteiger partial charge in [0.1, 0.15) is 0 Å². The molecule has 2 rings (SSSR count). The third-order valence-electron chi connectivity index (χ3n) is 3.40. The van der Waals surface area contributed by atoms with Crippen LogP contribution in [0.1, 0.15) is 28.8 Å². The molecule has 1 aromatic carbocycles. The van der Waals surface area contributed by atoms with Gasteiger partial charge in [0.2, 0.25) is 0 Å². The molecule has 0 aliphatic carbocycles. The van der Waals surface area contributed by atoms with Crippen molar-refractivity contribution >= 4 is 11.7 Å². The summed E-state index contributed by atoms with van der Waals surface area (Å²) in [5.41, 5.74) is 2.33. The molecule has 0 amide bonds. The number of anilines is 1. The van der Waals surface area contributed by atoms with E-state index in [2.05, 4.69) is 5.32 Å². The van der Waals surface area contributed by atoms with Crippen molar-refractivity contribution in [2.75, 3.05) is 25.1 Å². The van der Waals surface area contributed by atoms with E-state index in [9.17, 15) is 4.79 Å². The summed E-state index contributed by atoms with van der Waals surface area (Å²) < 4.78 is 5.32. The molecule has 1 saturated heterocycles. The molecule has 0 spiro atoms. The molecule has 1 aliphatic heterocycles. The van der Waals surface area contributed by atoms with Gasteiger partial charge >= 0.3 is 5.97 Å². The van der Waals surface area contributed by atoms with Crippen LogP contribution in [-0.2, 0) is 4.74 Å². The molecule has 0 aromatic heterocycles. The van der Waals surface area contributed by atoms with Gasteiger partial charge in [0.15, 0.2) is 0 Å². The number of aryl methyl sites for hydroxylation is 1. The van der Waals surface area contributed by atoms with Crippen molar-refractivity contribution in [2.24, 2.45) is 5.92 Å². The molecule has 1 aliphatic rings. The van der Waals surface area contributed by atoms with Crippen LogP contribution in [0, 0.1) is 12.8 Å². The lowest BCUT2D eigenvalue weighted by molar-refractivity contribution is 0.0693. The number of ether oxygens (including phenoxy) is 1. The van der Waals surface area contributed by atoms with Gasteiger partial charge in [0, 0.05) is 25.4 Å². The fourth-order valence-corrected chi connectivity index (χ4v) is 2.20. The molecular formula is C14H19NO3. The summed E-state index contributed by atoms with van der Waals surface area (Å²) in [5.74, 6) is -0.230. The summed E-state index contributed by atoms with van der Waals surface area (Å²) in [5, 5.41) is 12.3. The van der Waals surface area contributed by atoms with Crippen LogP contribution in [0.2, 0.25) is 0 Å². The highest BCUT2D eigenvalue weighted by Gasteiger charge is 2.14. The molecule has 0 radical (unpaired) electrons. The monoisotopic (exact) mass is 249 g/mol. The van der Waals surface area contributed by atoms with Crippen molar-refractivity contribution in [1.29, 1.82) is 0 Å². The normalized spacial score (nSPS) is 16.5. The van der Waals surface area contributed by atoms with Gasteiger partial charge < -0.3 is 15.2 Å². The Kier molecular flexibility index (Phi) is 4.20. The predicted molar refractivity (Wildman–Crippen MR) is 70.2 cm³/mol. The number of hydrogen-bond acceptors (Lipinski definition) is 3. The number of carboxylic acid groups (broad SMARTS) is 1. The smallest absolute Gasteiger partial charge is 0.335 e. The van der Waals surface area contributed by atoms with Gasteiger partial charge in [-0.3, -0.25) is 0 Å². The fraction of sp³-hybridized carbons (Fsp3) is 0.500. The number of benzene rings is 1. The van der Waals surface area contributed by atoms with E-state index in [1.165, 1.54) is 0 Å². The van der Waals surface area contributed by atoms with Crippen LogP contribution >= 0.6 is 0 Å². The van der Waals surface area contributed by atoms with Gasteiger partial charge in [0.05, 0.1) is 5.56 Å². The molecule has 1 heterocycles. The van der Waals surface area contributed by atoms with Gasteiger partial charge in [-0.1, -0.05) is 0 Å². The molecule has 98 valence electrons. The van der Waals surface area contributed by atoms with E-state index < -0.39 is 5.97 Å². The minimum absolute atomic E-state index is 0.337. The van der Waals surface area contributed by atoms with E-state index >= 15 is 0 Å². The molecule has 4 heteroatoms. The molecule has 1 fully saturated rings. The fourth-order valence-electron chi connectivity index (χ4n) is 2.20. The molecule has 4 nitrogen and oxygen atoms in total. The van der Waals surface area contributed by atoms with Gasteiger partial charge in [-0.05, 0) is 49.4 Å². The van der Waals surface area contributed by atoms with Crippen molar-refractivity contribution in [1.82, 2.24) is 0 Å². The van der Waals surface area contributed by atoms with E-state index in [0.29, 0.717) is 11.5 Å². The lowest BCUT2D eigenvalue weighted by Crippen LogP contribution is -2.22. The van der Waals surface area contributed by atoms with Crippen LogP contribution in [0.25, 0.3) is 0 Å². The third kappa shape index (κ3) is 3.23. The van der Waals surface area contributed by atoms with E-state index in [1.807, 2.05) is 13.0 Å². The highest BCUT2D eigenvalue weighted by atomic mass is 16.5. The number of carbonyl (C=O) groups is 1. The topological polar surface area (TPSA) is 58.6 Å². The van der Waals surface area contributed by atoms with Crippen LogP contribution in [0.4, 0.5) is 5.69 Å². The Balaban J connectivity index is 1.94. The molecule has 0 unspecified atom stereocenters. The summed E-state index contributed by atoms with van der Waals surface area (Å²) in [4.78, 5) is 10.8. The quantitative estimate of drug-likeness (QED) is 0.861. The van der Waals surface area contributed by atoms with E-state index in [-0.39, 0.29) is 0 Å². The average Bonchev–Trinajstić information content (AvgIpc) is 2.38. The minimum atomic E-state index is -0.880. The van der Waals surface area contributed by atoms with E-state index in [4.69, 9.17) is 9.84 Å². The second-order valence-electron chi connectivity index (χ2n) is 4.77. The van der Waals surface area contributed by atoms with Crippen molar-refractivity contribution in [3.8, 4) is 0 Å². The Labute approximate surface area is 107 Å². The maximum absolute atomic E-state index is 10.8. The van der Waals surface area contributed by atoms with Gasteiger partial charge in [-0.2, -0.15) is 0 Å². The number of aromatic carboxylic acids is 1. The SMILES string of the molecule is Cc1cc(C(=O)O)ccc1NCC1CCOCC1. The highest BCUT2D eigenvalue weighted by molar-refractivity contribution is 5.88. The first-order valence-electron chi connectivity index (χ1n) is 6.32. The van der Waals surface area contributed by atoms with Crippen molar-refractivity contribution < 1.29 is 14.6 Å². The molecule has 0 saturated carbocycles.